The summed E-state index contributed by atoms with van der Waals surface area (Å²) in [6, 6.07) is 3.93. The van der Waals surface area contributed by atoms with Crippen molar-refractivity contribution in [2.75, 3.05) is 0 Å². The lowest BCUT2D eigenvalue weighted by molar-refractivity contribution is 0.499. The maximum Gasteiger partial charge on any atom is 0.199 e. The van der Waals surface area contributed by atoms with E-state index >= 15 is 0 Å². The van der Waals surface area contributed by atoms with Gasteiger partial charge in [0, 0.05) is 13.1 Å². The quantitative estimate of drug-likeness (QED) is 0.783. The van der Waals surface area contributed by atoms with Gasteiger partial charge in [0.15, 0.2) is 10.6 Å². The van der Waals surface area contributed by atoms with Crippen LogP contribution in [0.5, 0.6) is 0 Å². The monoisotopic (exact) mass is 252 g/mol. The van der Waals surface area contributed by atoms with Crippen molar-refractivity contribution in [3.8, 4) is 11.4 Å². The van der Waals surface area contributed by atoms with Gasteiger partial charge in [0.1, 0.15) is 5.69 Å². The summed E-state index contributed by atoms with van der Waals surface area (Å²) in [7, 11) is 0. The molecule has 14 heavy (non-hydrogen) atoms. The number of oxazole rings is 1. The highest BCUT2D eigenvalue weighted by Gasteiger charge is 2.10. The van der Waals surface area contributed by atoms with Crippen LogP contribution in [0.3, 0.4) is 0 Å². The fourth-order valence-corrected chi connectivity index (χ4v) is 1.69. The summed E-state index contributed by atoms with van der Waals surface area (Å²) in [6.45, 7) is 3.81. The van der Waals surface area contributed by atoms with Crippen LogP contribution in [0.25, 0.3) is 11.4 Å². The van der Waals surface area contributed by atoms with Crippen LogP contribution in [0.1, 0.15) is 11.5 Å². The van der Waals surface area contributed by atoms with Crippen LogP contribution >= 0.6 is 15.9 Å². The summed E-state index contributed by atoms with van der Waals surface area (Å²) in [4.78, 5) is 8.50. The van der Waals surface area contributed by atoms with Gasteiger partial charge in [-0.1, -0.05) is 6.07 Å². The second-order valence-corrected chi connectivity index (χ2v) is 3.80. The first-order valence-electron chi connectivity index (χ1n) is 4.23. The molecule has 0 aliphatic rings. The fraction of sp³-hybridized carbons (Fsp3) is 0.200. The molecule has 0 saturated carbocycles. The second-order valence-electron chi connectivity index (χ2n) is 3.08. The Balaban J connectivity index is 2.49. The third kappa shape index (κ3) is 1.70. The molecule has 2 aromatic heterocycles. The van der Waals surface area contributed by atoms with Gasteiger partial charge < -0.3 is 4.42 Å². The molecule has 4 heteroatoms. The maximum absolute atomic E-state index is 5.26. The fourth-order valence-electron chi connectivity index (χ4n) is 1.17. The molecule has 0 unspecified atom stereocenters. The smallest absolute Gasteiger partial charge is 0.199 e. The molecule has 0 aromatic carbocycles. The zero-order valence-electron chi connectivity index (χ0n) is 7.91. The third-order valence-corrected chi connectivity index (χ3v) is 2.38. The Kier molecular flexibility index (Phi) is 2.37. The molecule has 0 spiro atoms. The predicted molar refractivity (Wildman–Crippen MR) is 56.9 cm³/mol. The summed E-state index contributed by atoms with van der Waals surface area (Å²) in [5.74, 6) is 0.634. The SMILES string of the molecule is Cc1ccc(-c2nc(C)oc2Br)nc1. The first-order valence-corrected chi connectivity index (χ1v) is 5.02. The van der Waals surface area contributed by atoms with Crippen molar-refractivity contribution in [2.45, 2.75) is 13.8 Å². The Bertz CT molecular complexity index is 448. The van der Waals surface area contributed by atoms with Crippen molar-refractivity contribution in [3.63, 3.8) is 0 Å². The number of aromatic nitrogens is 2. The number of hydrogen-bond acceptors (Lipinski definition) is 3. The van der Waals surface area contributed by atoms with Crippen molar-refractivity contribution < 1.29 is 4.42 Å². The lowest BCUT2D eigenvalue weighted by Gasteiger charge is -1.95. The van der Waals surface area contributed by atoms with Gasteiger partial charge in [0.2, 0.25) is 0 Å². The molecular weight excluding hydrogens is 244 g/mol. The molecule has 3 nitrogen and oxygen atoms in total. The predicted octanol–water partition coefficient (Wildman–Crippen LogP) is 3.12. The number of rotatable bonds is 1. The summed E-state index contributed by atoms with van der Waals surface area (Å²) in [5.41, 5.74) is 2.70. The largest absolute Gasteiger partial charge is 0.434 e. The standard InChI is InChI=1S/C10H9BrN2O/c1-6-3-4-8(12-5-6)9-10(11)14-7(2)13-9/h3-5H,1-2H3. The van der Waals surface area contributed by atoms with E-state index in [4.69, 9.17) is 4.42 Å². The zero-order chi connectivity index (χ0) is 10.1. The molecule has 0 saturated heterocycles. The Morgan fingerprint density at radius 1 is 1.29 bits per heavy atom. The highest BCUT2D eigenvalue weighted by atomic mass is 79.9. The van der Waals surface area contributed by atoms with Gasteiger partial charge in [-0.25, -0.2) is 4.98 Å². The van der Waals surface area contributed by atoms with Crippen molar-refractivity contribution in [2.24, 2.45) is 0 Å². The van der Waals surface area contributed by atoms with Crippen LogP contribution in [0, 0.1) is 13.8 Å². The van der Waals surface area contributed by atoms with E-state index < -0.39 is 0 Å². The maximum atomic E-state index is 5.26. The zero-order valence-corrected chi connectivity index (χ0v) is 9.50. The summed E-state index contributed by atoms with van der Waals surface area (Å²) in [5, 5.41) is 0. The second kappa shape index (κ2) is 3.53. The molecule has 0 fully saturated rings. The molecule has 0 radical (unpaired) electrons. The first-order chi connectivity index (χ1) is 6.66. The van der Waals surface area contributed by atoms with E-state index in [1.54, 1.807) is 0 Å². The summed E-state index contributed by atoms with van der Waals surface area (Å²) in [6.07, 6.45) is 1.81. The number of nitrogens with zero attached hydrogens (tertiary/aromatic N) is 2. The van der Waals surface area contributed by atoms with E-state index in [9.17, 15) is 0 Å². The normalized spacial score (nSPS) is 10.5. The van der Waals surface area contributed by atoms with E-state index in [-0.39, 0.29) is 0 Å². The molecule has 0 bridgehead atoms. The van der Waals surface area contributed by atoms with Crippen molar-refractivity contribution in [3.05, 3.63) is 34.5 Å². The van der Waals surface area contributed by atoms with E-state index in [1.165, 1.54) is 0 Å². The van der Waals surface area contributed by atoms with Crippen molar-refractivity contribution in [1.29, 1.82) is 0 Å². The topological polar surface area (TPSA) is 38.9 Å². The average Bonchev–Trinajstić information content (AvgIpc) is 2.47. The van der Waals surface area contributed by atoms with Crippen LogP contribution < -0.4 is 0 Å². The molecule has 2 rings (SSSR count). The third-order valence-electron chi connectivity index (χ3n) is 1.85. The van der Waals surface area contributed by atoms with Crippen LogP contribution in [-0.4, -0.2) is 9.97 Å². The minimum absolute atomic E-state index is 0.631. The molecule has 0 amide bonds. The van der Waals surface area contributed by atoms with E-state index in [2.05, 4.69) is 25.9 Å². The highest BCUT2D eigenvalue weighted by molar-refractivity contribution is 9.10. The van der Waals surface area contributed by atoms with Gasteiger partial charge in [-0.05, 0) is 34.5 Å². The molecule has 0 aliphatic carbocycles. The summed E-state index contributed by atoms with van der Waals surface area (Å²) < 4.78 is 5.90. The van der Waals surface area contributed by atoms with E-state index in [0.717, 1.165) is 17.0 Å². The van der Waals surface area contributed by atoms with Gasteiger partial charge in [-0.2, -0.15) is 0 Å². The first kappa shape index (κ1) is 9.40. The van der Waals surface area contributed by atoms with Crippen LogP contribution in [0.15, 0.2) is 27.4 Å². The van der Waals surface area contributed by atoms with Gasteiger partial charge >= 0.3 is 0 Å². The number of aryl methyl sites for hydroxylation is 2. The Morgan fingerprint density at radius 2 is 2.07 bits per heavy atom. The molecule has 0 atom stereocenters. The van der Waals surface area contributed by atoms with Gasteiger partial charge in [0.25, 0.3) is 0 Å². The number of pyridine rings is 1. The minimum atomic E-state index is 0.631. The van der Waals surface area contributed by atoms with Crippen molar-refractivity contribution >= 4 is 15.9 Å². The Labute approximate surface area is 90.3 Å². The Morgan fingerprint density at radius 3 is 2.57 bits per heavy atom. The molecule has 0 aliphatic heterocycles. The van der Waals surface area contributed by atoms with Crippen LogP contribution in [0.2, 0.25) is 0 Å². The van der Waals surface area contributed by atoms with E-state index in [0.29, 0.717) is 10.6 Å². The molecular formula is C10H9BrN2O. The van der Waals surface area contributed by atoms with Crippen LogP contribution in [-0.2, 0) is 0 Å². The molecule has 72 valence electrons. The molecule has 2 aromatic rings. The Hall–Kier alpha value is -1.16. The lowest BCUT2D eigenvalue weighted by atomic mass is 10.2. The molecule has 0 N–H and O–H groups in total. The average molecular weight is 253 g/mol. The van der Waals surface area contributed by atoms with Gasteiger partial charge in [0.05, 0.1) is 5.69 Å². The van der Waals surface area contributed by atoms with Gasteiger partial charge in [-0.15, -0.1) is 0 Å². The van der Waals surface area contributed by atoms with Crippen molar-refractivity contribution in [1.82, 2.24) is 9.97 Å². The van der Waals surface area contributed by atoms with Gasteiger partial charge in [-0.3, -0.25) is 4.98 Å². The van der Waals surface area contributed by atoms with E-state index in [1.807, 2.05) is 32.2 Å². The van der Waals surface area contributed by atoms with Crippen LogP contribution in [0.4, 0.5) is 0 Å². The minimum Gasteiger partial charge on any atom is -0.434 e. The molecule has 2 heterocycles. The number of halogens is 1. The lowest BCUT2D eigenvalue weighted by Crippen LogP contribution is -1.84. The summed E-state index contributed by atoms with van der Waals surface area (Å²) >= 11 is 3.30. The number of hydrogen-bond donors (Lipinski definition) is 0. The highest BCUT2D eigenvalue weighted by Crippen LogP contribution is 2.26.